The van der Waals surface area contributed by atoms with Gasteiger partial charge in [0.05, 0.1) is 17.1 Å². The molecule has 0 aliphatic rings. The van der Waals surface area contributed by atoms with Crippen molar-refractivity contribution in [2.45, 2.75) is 26.4 Å². The quantitative estimate of drug-likeness (QED) is 0.799. The first-order valence-corrected chi connectivity index (χ1v) is 7.01. The maximum atomic E-state index is 13.4. The molecule has 1 atom stereocenters. The van der Waals surface area contributed by atoms with Crippen LogP contribution in [0.2, 0.25) is 0 Å². The van der Waals surface area contributed by atoms with Crippen LogP contribution in [0.15, 0.2) is 42.5 Å². The summed E-state index contributed by atoms with van der Waals surface area (Å²) in [7, 11) is 0. The molecule has 0 aliphatic heterocycles. The molecule has 1 unspecified atom stereocenters. The maximum Gasteiger partial charge on any atom is 0.126 e. The second kappa shape index (κ2) is 5.30. The Hall–Kier alpha value is -2.20. The van der Waals surface area contributed by atoms with Crippen LogP contribution < -0.4 is 5.73 Å². The summed E-state index contributed by atoms with van der Waals surface area (Å²) in [6.45, 7) is 4.63. The summed E-state index contributed by atoms with van der Waals surface area (Å²) in [4.78, 5) is 4.48. The van der Waals surface area contributed by atoms with Gasteiger partial charge in [-0.25, -0.2) is 9.37 Å². The molecule has 3 rings (SSSR count). The molecule has 0 bridgehead atoms. The van der Waals surface area contributed by atoms with E-state index in [1.165, 1.54) is 23.3 Å². The zero-order valence-corrected chi connectivity index (χ0v) is 12.2. The molecule has 0 amide bonds. The second-order valence-electron chi connectivity index (χ2n) is 5.46. The number of hydrogen-bond donors (Lipinski definition) is 1. The van der Waals surface area contributed by atoms with E-state index < -0.39 is 0 Å². The normalized spacial score (nSPS) is 12.8. The highest BCUT2D eigenvalue weighted by Crippen LogP contribution is 2.22. The van der Waals surface area contributed by atoms with Crippen molar-refractivity contribution < 1.29 is 4.39 Å². The van der Waals surface area contributed by atoms with Crippen LogP contribution in [0.4, 0.5) is 4.39 Å². The highest BCUT2D eigenvalue weighted by Gasteiger charge is 2.14. The lowest BCUT2D eigenvalue weighted by Crippen LogP contribution is -2.14. The Morgan fingerprint density at radius 1 is 1.19 bits per heavy atom. The fraction of sp³-hybridized carbons (Fsp3) is 0.235. The zero-order chi connectivity index (χ0) is 15.0. The number of aryl methyl sites for hydroxylation is 1. The van der Waals surface area contributed by atoms with Crippen molar-refractivity contribution in [2.24, 2.45) is 5.73 Å². The summed E-state index contributed by atoms with van der Waals surface area (Å²) in [5.41, 5.74) is 9.97. The van der Waals surface area contributed by atoms with Gasteiger partial charge in [0.15, 0.2) is 0 Å². The van der Waals surface area contributed by atoms with Gasteiger partial charge in [0.2, 0.25) is 0 Å². The van der Waals surface area contributed by atoms with Crippen molar-refractivity contribution in [1.82, 2.24) is 9.55 Å². The highest BCUT2D eigenvalue weighted by atomic mass is 19.1. The molecule has 21 heavy (non-hydrogen) atoms. The Labute approximate surface area is 123 Å². The molecule has 0 saturated heterocycles. The van der Waals surface area contributed by atoms with E-state index in [2.05, 4.69) is 40.7 Å². The summed E-state index contributed by atoms with van der Waals surface area (Å²) in [6.07, 6.45) is 0. The first kappa shape index (κ1) is 13.8. The summed E-state index contributed by atoms with van der Waals surface area (Å²) in [5, 5.41) is 0. The fourth-order valence-corrected chi connectivity index (χ4v) is 2.51. The average Bonchev–Trinajstić information content (AvgIpc) is 2.79. The van der Waals surface area contributed by atoms with E-state index in [1.807, 2.05) is 6.92 Å². The summed E-state index contributed by atoms with van der Waals surface area (Å²) < 4.78 is 15.4. The molecule has 2 N–H and O–H groups in total. The molecule has 1 aromatic heterocycles. The van der Waals surface area contributed by atoms with Crippen molar-refractivity contribution in [3.05, 3.63) is 65.2 Å². The number of aromatic nitrogens is 2. The molecule has 3 nitrogen and oxygen atoms in total. The molecular formula is C17H18FN3. The molecule has 1 heterocycles. The van der Waals surface area contributed by atoms with E-state index in [0.717, 1.165) is 11.3 Å². The predicted octanol–water partition coefficient (Wildman–Crippen LogP) is 3.55. The van der Waals surface area contributed by atoms with Crippen LogP contribution >= 0.6 is 0 Å². The summed E-state index contributed by atoms with van der Waals surface area (Å²) >= 11 is 0. The van der Waals surface area contributed by atoms with Crippen molar-refractivity contribution in [1.29, 1.82) is 0 Å². The molecule has 4 heteroatoms. The SMILES string of the molecule is Cc1ccc(Cn2c(C(C)N)nc3cc(F)ccc32)cc1. The van der Waals surface area contributed by atoms with E-state index in [-0.39, 0.29) is 11.9 Å². The molecule has 2 aromatic carbocycles. The van der Waals surface area contributed by atoms with Gasteiger partial charge in [-0.3, -0.25) is 0 Å². The third-order valence-electron chi connectivity index (χ3n) is 3.61. The van der Waals surface area contributed by atoms with Gasteiger partial charge in [0, 0.05) is 12.6 Å². The minimum atomic E-state index is -0.279. The number of imidazole rings is 1. The zero-order valence-electron chi connectivity index (χ0n) is 12.2. The average molecular weight is 283 g/mol. The fourth-order valence-electron chi connectivity index (χ4n) is 2.51. The van der Waals surface area contributed by atoms with E-state index in [0.29, 0.717) is 12.1 Å². The lowest BCUT2D eigenvalue weighted by molar-refractivity contribution is 0.629. The lowest BCUT2D eigenvalue weighted by atomic mass is 10.1. The van der Waals surface area contributed by atoms with E-state index in [4.69, 9.17) is 5.73 Å². The number of nitrogens with zero attached hydrogens (tertiary/aromatic N) is 2. The first-order chi connectivity index (χ1) is 10.0. The predicted molar refractivity (Wildman–Crippen MR) is 82.6 cm³/mol. The van der Waals surface area contributed by atoms with Gasteiger partial charge < -0.3 is 10.3 Å². The molecule has 0 saturated carbocycles. The maximum absolute atomic E-state index is 13.4. The minimum absolute atomic E-state index is 0.203. The molecule has 0 aliphatic carbocycles. The van der Waals surface area contributed by atoms with Gasteiger partial charge >= 0.3 is 0 Å². The molecule has 0 radical (unpaired) electrons. The molecular weight excluding hydrogens is 265 g/mol. The van der Waals surface area contributed by atoms with E-state index in [9.17, 15) is 4.39 Å². The van der Waals surface area contributed by atoms with E-state index >= 15 is 0 Å². The number of halogens is 1. The number of hydrogen-bond acceptors (Lipinski definition) is 2. The number of fused-ring (bicyclic) bond motifs is 1. The number of benzene rings is 2. The van der Waals surface area contributed by atoms with Gasteiger partial charge in [-0.05, 0) is 31.5 Å². The minimum Gasteiger partial charge on any atom is -0.322 e. The van der Waals surface area contributed by atoms with Crippen LogP contribution in [0.1, 0.15) is 29.9 Å². The Balaban J connectivity index is 2.10. The standard InChI is InChI=1S/C17H18FN3/c1-11-3-5-13(6-4-11)10-21-16-8-7-14(18)9-15(16)20-17(21)12(2)19/h3-9,12H,10,19H2,1-2H3. The summed E-state index contributed by atoms with van der Waals surface area (Å²) in [5.74, 6) is 0.495. The van der Waals surface area contributed by atoms with Gasteiger partial charge in [-0.15, -0.1) is 0 Å². The second-order valence-corrected chi connectivity index (χ2v) is 5.46. The van der Waals surface area contributed by atoms with Gasteiger partial charge in [0.25, 0.3) is 0 Å². The van der Waals surface area contributed by atoms with Gasteiger partial charge in [-0.1, -0.05) is 29.8 Å². The Morgan fingerprint density at radius 2 is 1.90 bits per heavy atom. The molecule has 108 valence electrons. The lowest BCUT2D eigenvalue weighted by Gasteiger charge is -2.12. The third-order valence-corrected chi connectivity index (χ3v) is 3.61. The van der Waals surface area contributed by atoms with Crippen LogP contribution in [-0.2, 0) is 6.54 Å². The van der Waals surface area contributed by atoms with Crippen molar-refractivity contribution >= 4 is 11.0 Å². The van der Waals surface area contributed by atoms with Crippen molar-refractivity contribution in [2.75, 3.05) is 0 Å². The van der Waals surface area contributed by atoms with Crippen molar-refractivity contribution in [3.8, 4) is 0 Å². The van der Waals surface area contributed by atoms with E-state index in [1.54, 1.807) is 6.07 Å². The number of nitrogens with two attached hydrogens (primary N) is 1. The Morgan fingerprint density at radius 3 is 2.57 bits per heavy atom. The van der Waals surface area contributed by atoms with Crippen LogP contribution in [0.25, 0.3) is 11.0 Å². The third kappa shape index (κ3) is 2.67. The topological polar surface area (TPSA) is 43.8 Å². The molecule has 0 fully saturated rings. The van der Waals surface area contributed by atoms with Crippen LogP contribution in [-0.4, -0.2) is 9.55 Å². The monoisotopic (exact) mass is 283 g/mol. The highest BCUT2D eigenvalue weighted by molar-refractivity contribution is 5.76. The van der Waals surface area contributed by atoms with Crippen LogP contribution in [0, 0.1) is 12.7 Å². The Kier molecular flexibility index (Phi) is 3.47. The molecule has 0 spiro atoms. The number of rotatable bonds is 3. The molecule has 3 aromatic rings. The van der Waals surface area contributed by atoms with Crippen molar-refractivity contribution in [3.63, 3.8) is 0 Å². The van der Waals surface area contributed by atoms with Gasteiger partial charge in [0.1, 0.15) is 11.6 Å². The smallest absolute Gasteiger partial charge is 0.126 e. The Bertz CT molecular complexity index is 773. The first-order valence-electron chi connectivity index (χ1n) is 7.01. The van der Waals surface area contributed by atoms with Crippen LogP contribution in [0.5, 0.6) is 0 Å². The van der Waals surface area contributed by atoms with Crippen LogP contribution in [0.3, 0.4) is 0 Å². The van der Waals surface area contributed by atoms with Gasteiger partial charge in [-0.2, -0.15) is 0 Å². The summed E-state index contributed by atoms with van der Waals surface area (Å²) in [6, 6.07) is 12.8. The largest absolute Gasteiger partial charge is 0.322 e.